The van der Waals surface area contributed by atoms with Crippen LogP contribution in [-0.2, 0) is 6.42 Å². The Bertz CT molecular complexity index is 374. The Hall–Kier alpha value is -1.31. The van der Waals surface area contributed by atoms with Gasteiger partial charge in [-0.05, 0) is 51.8 Å². The van der Waals surface area contributed by atoms with E-state index < -0.39 is 0 Å². The molecule has 0 heterocycles. The Morgan fingerprint density at radius 3 is 2.24 bits per heavy atom. The van der Waals surface area contributed by atoms with Gasteiger partial charge in [-0.2, -0.15) is 0 Å². The van der Waals surface area contributed by atoms with Crippen LogP contribution in [0.25, 0.3) is 0 Å². The van der Waals surface area contributed by atoms with Gasteiger partial charge in [-0.3, -0.25) is 4.79 Å². The van der Waals surface area contributed by atoms with Crippen LogP contribution < -0.4 is 0 Å². The van der Waals surface area contributed by atoms with Crippen LogP contribution in [0, 0.1) is 0 Å². The van der Waals surface area contributed by atoms with Gasteiger partial charge >= 0.3 is 0 Å². The molecule has 0 atom stereocenters. The van der Waals surface area contributed by atoms with E-state index in [0.29, 0.717) is 0 Å². The lowest BCUT2D eigenvalue weighted by molar-refractivity contribution is 0.0643. The molecule has 0 aromatic heterocycles. The first-order valence-corrected chi connectivity index (χ1v) is 6.39. The molecule has 0 saturated heterocycles. The highest BCUT2D eigenvalue weighted by Crippen LogP contribution is 2.14. The zero-order valence-electron chi connectivity index (χ0n) is 11.5. The molecule has 2 heteroatoms. The number of hydrogen-bond donors (Lipinski definition) is 0. The van der Waals surface area contributed by atoms with Crippen LogP contribution in [0.15, 0.2) is 24.3 Å². The molecule has 0 aliphatic rings. The predicted molar refractivity (Wildman–Crippen MR) is 72.3 cm³/mol. The predicted octanol–water partition coefficient (Wildman–Crippen LogP) is 3.51. The summed E-state index contributed by atoms with van der Waals surface area (Å²) in [5.41, 5.74) is 2.01. The van der Waals surface area contributed by atoms with Crippen LogP contribution in [0.1, 0.15) is 50.5 Å². The maximum atomic E-state index is 12.4. The fraction of sp³-hybridized carbons (Fsp3) is 0.533. The van der Waals surface area contributed by atoms with E-state index in [4.69, 9.17) is 0 Å². The summed E-state index contributed by atoms with van der Waals surface area (Å²) in [7, 11) is 0. The van der Waals surface area contributed by atoms with Crippen molar-refractivity contribution in [2.24, 2.45) is 0 Å². The fourth-order valence-electron chi connectivity index (χ4n) is 2.14. The largest absolute Gasteiger partial charge is 0.334 e. The average Bonchev–Trinajstić information content (AvgIpc) is 2.28. The third kappa shape index (κ3) is 3.32. The Balaban J connectivity index is 3.01. The van der Waals surface area contributed by atoms with Crippen LogP contribution in [0.4, 0.5) is 0 Å². The minimum Gasteiger partial charge on any atom is -0.334 e. The number of benzene rings is 1. The lowest BCUT2D eigenvalue weighted by atomic mass is 10.1. The van der Waals surface area contributed by atoms with E-state index >= 15 is 0 Å². The summed E-state index contributed by atoms with van der Waals surface area (Å²) in [5, 5.41) is 0. The molecule has 0 saturated carbocycles. The number of nitrogens with zero attached hydrogens (tertiary/aromatic N) is 1. The van der Waals surface area contributed by atoms with Crippen LogP contribution in [-0.4, -0.2) is 22.9 Å². The van der Waals surface area contributed by atoms with Crippen molar-refractivity contribution in [1.29, 1.82) is 0 Å². The van der Waals surface area contributed by atoms with E-state index in [9.17, 15) is 4.79 Å². The van der Waals surface area contributed by atoms with Crippen molar-refractivity contribution in [3.63, 3.8) is 0 Å². The molecule has 0 aliphatic carbocycles. The molecule has 0 fully saturated rings. The van der Waals surface area contributed by atoms with Gasteiger partial charge in [-0.1, -0.05) is 19.1 Å². The van der Waals surface area contributed by atoms with Crippen LogP contribution in [0.3, 0.4) is 0 Å². The molecule has 17 heavy (non-hydrogen) atoms. The Kier molecular flexibility index (Phi) is 4.73. The van der Waals surface area contributed by atoms with Crippen molar-refractivity contribution in [2.75, 3.05) is 0 Å². The van der Waals surface area contributed by atoms with Crippen LogP contribution >= 0.6 is 0 Å². The Morgan fingerprint density at radius 1 is 1.18 bits per heavy atom. The number of rotatable bonds is 4. The summed E-state index contributed by atoms with van der Waals surface area (Å²) in [6.45, 7) is 10.3. The van der Waals surface area contributed by atoms with Gasteiger partial charge in [0.15, 0.2) is 0 Å². The van der Waals surface area contributed by atoms with Crippen molar-refractivity contribution >= 4 is 5.91 Å². The molecule has 94 valence electrons. The first-order valence-electron chi connectivity index (χ1n) is 6.39. The van der Waals surface area contributed by atoms with Crippen molar-refractivity contribution in [3.05, 3.63) is 35.4 Å². The molecule has 1 aromatic rings. The average molecular weight is 233 g/mol. The number of amides is 1. The molecule has 0 radical (unpaired) electrons. The van der Waals surface area contributed by atoms with E-state index in [0.717, 1.165) is 12.0 Å². The van der Waals surface area contributed by atoms with Crippen molar-refractivity contribution in [3.8, 4) is 0 Å². The number of carbonyl (C=O) groups excluding carboxylic acids is 1. The standard InChI is InChI=1S/C15H23NO/c1-6-13-8-7-9-14(10-13)15(17)16(11(2)3)12(4)5/h7-12H,6H2,1-5H3. The monoisotopic (exact) mass is 233 g/mol. The molecule has 0 unspecified atom stereocenters. The fourth-order valence-corrected chi connectivity index (χ4v) is 2.14. The van der Waals surface area contributed by atoms with Gasteiger partial charge in [0, 0.05) is 17.6 Å². The lowest BCUT2D eigenvalue weighted by Gasteiger charge is -2.31. The summed E-state index contributed by atoms with van der Waals surface area (Å²) < 4.78 is 0. The SMILES string of the molecule is CCc1cccc(C(=O)N(C(C)C)C(C)C)c1. The smallest absolute Gasteiger partial charge is 0.254 e. The minimum absolute atomic E-state index is 0.130. The third-order valence-electron chi connectivity index (χ3n) is 2.93. The minimum atomic E-state index is 0.130. The first kappa shape index (κ1) is 13.8. The summed E-state index contributed by atoms with van der Waals surface area (Å²) in [6, 6.07) is 8.39. The molecular weight excluding hydrogens is 210 g/mol. The van der Waals surface area contributed by atoms with E-state index in [1.807, 2.05) is 23.1 Å². The highest BCUT2D eigenvalue weighted by Gasteiger charge is 2.21. The first-order chi connectivity index (χ1) is 7.97. The van der Waals surface area contributed by atoms with Gasteiger partial charge in [-0.15, -0.1) is 0 Å². The van der Waals surface area contributed by atoms with Gasteiger partial charge in [0.05, 0.1) is 0 Å². The number of hydrogen-bond acceptors (Lipinski definition) is 1. The van der Waals surface area contributed by atoms with Crippen molar-refractivity contribution in [2.45, 2.75) is 53.1 Å². The third-order valence-corrected chi connectivity index (χ3v) is 2.93. The molecule has 1 amide bonds. The second-order valence-corrected chi connectivity index (χ2v) is 4.95. The summed E-state index contributed by atoms with van der Waals surface area (Å²) in [4.78, 5) is 14.3. The summed E-state index contributed by atoms with van der Waals surface area (Å²) in [5.74, 6) is 0.130. The molecule has 2 nitrogen and oxygen atoms in total. The molecule has 0 N–H and O–H groups in total. The van der Waals surface area contributed by atoms with Gasteiger partial charge in [0.25, 0.3) is 5.91 Å². The Labute approximate surface area is 105 Å². The van der Waals surface area contributed by atoms with Gasteiger partial charge in [0.2, 0.25) is 0 Å². The van der Waals surface area contributed by atoms with Crippen LogP contribution in [0.5, 0.6) is 0 Å². The zero-order chi connectivity index (χ0) is 13.0. The van der Waals surface area contributed by atoms with E-state index in [1.165, 1.54) is 5.56 Å². The highest BCUT2D eigenvalue weighted by molar-refractivity contribution is 5.94. The molecule has 0 spiro atoms. The second kappa shape index (κ2) is 5.85. The van der Waals surface area contributed by atoms with Crippen molar-refractivity contribution < 1.29 is 4.79 Å². The van der Waals surface area contributed by atoms with Gasteiger partial charge in [-0.25, -0.2) is 0 Å². The molecular formula is C15H23NO. The highest BCUT2D eigenvalue weighted by atomic mass is 16.2. The van der Waals surface area contributed by atoms with Crippen molar-refractivity contribution in [1.82, 2.24) is 4.90 Å². The lowest BCUT2D eigenvalue weighted by Crippen LogP contribution is -2.42. The topological polar surface area (TPSA) is 20.3 Å². The molecule has 1 aromatic carbocycles. The van der Waals surface area contributed by atoms with E-state index in [-0.39, 0.29) is 18.0 Å². The van der Waals surface area contributed by atoms with Gasteiger partial charge in [0.1, 0.15) is 0 Å². The van der Waals surface area contributed by atoms with E-state index in [1.54, 1.807) is 0 Å². The number of aryl methyl sites for hydroxylation is 1. The molecule has 1 rings (SSSR count). The maximum Gasteiger partial charge on any atom is 0.254 e. The number of carbonyl (C=O) groups is 1. The summed E-state index contributed by atoms with van der Waals surface area (Å²) in [6.07, 6.45) is 0.963. The summed E-state index contributed by atoms with van der Waals surface area (Å²) >= 11 is 0. The Morgan fingerprint density at radius 2 is 1.76 bits per heavy atom. The molecule has 0 aliphatic heterocycles. The quantitative estimate of drug-likeness (QED) is 0.779. The second-order valence-electron chi connectivity index (χ2n) is 4.95. The maximum absolute atomic E-state index is 12.4. The molecule has 0 bridgehead atoms. The van der Waals surface area contributed by atoms with Crippen LogP contribution in [0.2, 0.25) is 0 Å². The van der Waals surface area contributed by atoms with Gasteiger partial charge < -0.3 is 4.90 Å². The van der Waals surface area contributed by atoms with E-state index in [2.05, 4.69) is 40.7 Å². The zero-order valence-corrected chi connectivity index (χ0v) is 11.5. The normalized spacial score (nSPS) is 11.0.